The van der Waals surface area contributed by atoms with Crippen molar-refractivity contribution in [2.45, 2.75) is 13.0 Å². The zero-order valence-electron chi connectivity index (χ0n) is 16.1. The first-order chi connectivity index (χ1) is 14.6. The highest BCUT2D eigenvalue weighted by Gasteiger charge is 2.18. The number of carbonyl (C=O) groups excluding carboxylic acids is 1. The molecular formula is C23H20Cl2N2O3. The third kappa shape index (κ3) is 4.99. The van der Waals surface area contributed by atoms with Crippen molar-refractivity contribution in [3.63, 3.8) is 0 Å². The van der Waals surface area contributed by atoms with Crippen LogP contribution in [0.5, 0.6) is 11.5 Å². The highest BCUT2D eigenvalue weighted by Crippen LogP contribution is 2.33. The molecule has 0 aromatic heterocycles. The Labute approximate surface area is 185 Å². The van der Waals surface area contributed by atoms with Gasteiger partial charge in [0.25, 0.3) is 0 Å². The van der Waals surface area contributed by atoms with Crippen LogP contribution in [0.25, 0.3) is 0 Å². The summed E-state index contributed by atoms with van der Waals surface area (Å²) in [5.41, 5.74) is 2.62. The van der Waals surface area contributed by atoms with Crippen LogP contribution >= 0.6 is 23.2 Å². The van der Waals surface area contributed by atoms with Crippen molar-refractivity contribution < 1.29 is 14.3 Å². The number of ether oxygens (including phenoxy) is 2. The van der Waals surface area contributed by atoms with Gasteiger partial charge in [0.05, 0.1) is 0 Å². The molecular weight excluding hydrogens is 423 g/mol. The second-order valence-electron chi connectivity index (χ2n) is 6.89. The van der Waals surface area contributed by atoms with Gasteiger partial charge in [-0.15, -0.1) is 0 Å². The summed E-state index contributed by atoms with van der Waals surface area (Å²) >= 11 is 12.3. The molecule has 0 bridgehead atoms. The fraction of sp³-hybridized carbons (Fsp3) is 0.174. The number of para-hydroxylation sites is 1. The van der Waals surface area contributed by atoms with E-state index in [2.05, 4.69) is 5.32 Å². The number of hydrogen-bond donors (Lipinski definition) is 1. The summed E-state index contributed by atoms with van der Waals surface area (Å²) in [6.45, 7) is 1.11. The van der Waals surface area contributed by atoms with E-state index in [0.29, 0.717) is 41.1 Å². The van der Waals surface area contributed by atoms with Crippen LogP contribution < -0.4 is 14.8 Å². The van der Waals surface area contributed by atoms with E-state index >= 15 is 0 Å². The van der Waals surface area contributed by atoms with E-state index in [9.17, 15) is 4.79 Å². The number of nitrogens with one attached hydrogen (secondary N) is 1. The molecule has 154 valence electrons. The lowest BCUT2D eigenvalue weighted by atomic mass is 10.1. The number of anilines is 1. The molecule has 0 spiro atoms. The summed E-state index contributed by atoms with van der Waals surface area (Å²) in [5, 5.41) is 4.13. The Morgan fingerprint density at radius 3 is 2.57 bits per heavy atom. The van der Waals surface area contributed by atoms with E-state index in [1.807, 2.05) is 54.6 Å². The summed E-state index contributed by atoms with van der Waals surface area (Å²) < 4.78 is 10.8. The molecule has 1 N–H and O–H groups in total. The summed E-state index contributed by atoms with van der Waals surface area (Å²) in [4.78, 5) is 14.8. The Hall–Kier alpha value is -2.89. The summed E-state index contributed by atoms with van der Waals surface area (Å²) in [6.07, 6.45) is 0.600. The van der Waals surface area contributed by atoms with Crippen molar-refractivity contribution in [2.24, 2.45) is 0 Å². The molecule has 4 rings (SSSR count). The molecule has 1 aliphatic rings. The van der Waals surface area contributed by atoms with Crippen molar-refractivity contribution in [1.29, 1.82) is 0 Å². The zero-order valence-corrected chi connectivity index (χ0v) is 17.6. The van der Waals surface area contributed by atoms with Gasteiger partial charge in [-0.1, -0.05) is 53.5 Å². The quantitative estimate of drug-likeness (QED) is 0.509. The van der Waals surface area contributed by atoms with E-state index in [0.717, 1.165) is 16.8 Å². The van der Waals surface area contributed by atoms with Gasteiger partial charge in [-0.2, -0.15) is 0 Å². The third-order valence-corrected chi connectivity index (χ3v) is 5.38. The second-order valence-corrected chi connectivity index (χ2v) is 7.73. The molecule has 0 unspecified atom stereocenters. The van der Waals surface area contributed by atoms with E-state index in [1.54, 1.807) is 17.0 Å². The highest BCUT2D eigenvalue weighted by molar-refractivity contribution is 6.35. The Balaban J connectivity index is 1.51. The normalized spacial score (nSPS) is 11.9. The number of rotatable bonds is 6. The minimum absolute atomic E-state index is 0.191. The van der Waals surface area contributed by atoms with Crippen molar-refractivity contribution >= 4 is 34.9 Å². The van der Waals surface area contributed by atoms with Crippen LogP contribution in [0.3, 0.4) is 0 Å². The lowest BCUT2D eigenvalue weighted by Crippen LogP contribution is -2.36. The standard InChI is InChI=1S/C23H20Cl2N2O3/c24-18-8-7-17(20(25)13-18)10-11-27(23(28)26-19-4-2-1-3-5-19)14-16-6-9-21-22(12-16)30-15-29-21/h1-9,12-13H,10-11,14-15H2,(H,26,28). The van der Waals surface area contributed by atoms with Gasteiger partial charge in [0.1, 0.15) is 0 Å². The molecule has 3 aromatic rings. The van der Waals surface area contributed by atoms with Crippen LogP contribution in [0.2, 0.25) is 10.0 Å². The van der Waals surface area contributed by atoms with Gasteiger partial charge in [-0.05, 0) is 53.9 Å². The monoisotopic (exact) mass is 442 g/mol. The van der Waals surface area contributed by atoms with Crippen LogP contribution in [-0.2, 0) is 13.0 Å². The largest absolute Gasteiger partial charge is 0.454 e. The lowest BCUT2D eigenvalue weighted by Gasteiger charge is -2.24. The number of amides is 2. The van der Waals surface area contributed by atoms with Crippen LogP contribution in [0.1, 0.15) is 11.1 Å². The number of benzene rings is 3. The Morgan fingerprint density at radius 1 is 0.967 bits per heavy atom. The molecule has 0 atom stereocenters. The van der Waals surface area contributed by atoms with Crippen molar-refractivity contribution in [2.75, 3.05) is 18.7 Å². The average Bonchev–Trinajstić information content (AvgIpc) is 3.20. The van der Waals surface area contributed by atoms with Gasteiger partial charge < -0.3 is 19.7 Å². The zero-order chi connectivity index (χ0) is 20.9. The predicted molar refractivity (Wildman–Crippen MR) is 119 cm³/mol. The number of fused-ring (bicyclic) bond motifs is 1. The second kappa shape index (κ2) is 9.28. The molecule has 1 aliphatic heterocycles. The number of hydrogen-bond acceptors (Lipinski definition) is 3. The van der Waals surface area contributed by atoms with E-state index in [-0.39, 0.29) is 12.8 Å². The summed E-state index contributed by atoms with van der Waals surface area (Å²) in [6, 6.07) is 20.3. The van der Waals surface area contributed by atoms with Crippen molar-refractivity contribution in [3.8, 4) is 11.5 Å². The van der Waals surface area contributed by atoms with Gasteiger partial charge in [0.15, 0.2) is 11.5 Å². The fourth-order valence-electron chi connectivity index (χ4n) is 3.22. The molecule has 3 aromatic carbocycles. The third-order valence-electron chi connectivity index (χ3n) is 4.79. The maximum absolute atomic E-state index is 13.0. The smallest absolute Gasteiger partial charge is 0.322 e. The fourth-order valence-corrected chi connectivity index (χ4v) is 3.72. The van der Waals surface area contributed by atoms with Crippen LogP contribution in [0, 0.1) is 0 Å². The number of nitrogens with zero attached hydrogens (tertiary/aromatic N) is 1. The summed E-state index contributed by atoms with van der Waals surface area (Å²) in [5.74, 6) is 1.41. The first-order valence-electron chi connectivity index (χ1n) is 9.52. The van der Waals surface area contributed by atoms with Crippen LogP contribution in [0.15, 0.2) is 66.7 Å². The van der Waals surface area contributed by atoms with Gasteiger partial charge in [-0.3, -0.25) is 0 Å². The first-order valence-corrected chi connectivity index (χ1v) is 10.3. The van der Waals surface area contributed by atoms with E-state index < -0.39 is 0 Å². The number of halogens is 2. The molecule has 5 nitrogen and oxygen atoms in total. The van der Waals surface area contributed by atoms with Gasteiger partial charge >= 0.3 is 6.03 Å². The molecule has 2 amide bonds. The Morgan fingerprint density at radius 2 is 1.77 bits per heavy atom. The molecule has 7 heteroatoms. The molecule has 1 heterocycles. The van der Waals surface area contributed by atoms with Crippen molar-refractivity contribution in [1.82, 2.24) is 4.90 Å². The summed E-state index contributed by atoms with van der Waals surface area (Å²) in [7, 11) is 0. The maximum Gasteiger partial charge on any atom is 0.322 e. The van der Waals surface area contributed by atoms with E-state index in [1.165, 1.54) is 0 Å². The number of carbonyl (C=O) groups is 1. The molecule has 30 heavy (non-hydrogen) atoms. The van der Waals surface area contributed by atoms with E-state index in [4.69, 9.17) is 32.7 Å². The molecule has 0 saturated heterocycles. The van der Waals surface area contributed by atoms with Gasteiger partial charge in [0.2, 0.25) is 6.79 Å². The first kappa shape index (κ1) is 20.4. The maximum atomic E-state index is 13.0. The topological polar surface area (TPSA) is 50.8 Å². The highest BCUT2D eigenvalue weighted by atomic mass is 35.5. The van der Waals surface area contributed by atoms with Crippen LogP contribution in [-0.4, -0.2) is 24.3 Å². The minimum atomic E-state index is -0.191. The van der Waals surface area contributed by atoms with Gasteiger partial charge in [0, 0.05) is 28.8 Å². The SMILES string of the molecule is O=C(Nc1ccccc1)N(CCc1ccc(Cl)cc1Cl)Cc1ccc2c(c1)OCO2. The number of urea groups is 1. The average molecular weight is 443 g/mol. The molecule has 0 radical (unpaired) electrons. The Kier molecular flexibility index (Phi) is 6.31. The Bertz CT molecular complexity index is 1040. The molecule has 0 aliphatic carbocycles. The molecule has 0 fully saturated rings. The minimum Gasteiger partial charge on any atom is -0.454 e. The molecule has 0 saturated carbocycles. The predicted octanol–water partition coefficient (Wildman–Crippen LogP) is 6.00. The van der Waals surface area contributed by atoms with Crippen molar-refractivity contribution in [3.05, 3.63) is 87.9 Å². The van der Waals surface area contributed by atoms with Gasteiger partial charge in [-0.25, -0.2) is 4.79 Å². The lowest BCUT2D eigenvalue weighted by molar-refractivity contribution is 0.174. The van der Waals surface area contributed by atoms with Crippen LogP contribution in [0.4, 0.5) is 10.5 Å².